The zero-order valence-electron chi connectivity index (χ0n) is 18.2. The van der Waals surface area contributed by atoms with Crippen molar-refractivity contribution in [2.24, 2.45) is 5.92 Å². The van der Waals surface area contributed by atoms with Gasteiger partial charge in [0.05, 0.1) is 22.9 Å². The van der Waals surface area contributed by atoms with E-state index in [2.05, 4.69) is 25.9 Å². The number of amides is 3. The number of hydrogen-bond acceptors (Lipinski definition) is 4. The zero-order valence-corrected chi connectivity index (χ0v) is 18.2. The first-order chi connectivity index (χ1) is 14.1. The summed E-state index contributed by atoms with van der Waals surface area (Å²) in [5.74, 6) is -1.16. The van der Waals surface area contributed by atoms with Crippen LogP contribution in [0.5, 0.6) is 0 Å². The summed E-state index contributed by atoms with van der Waals surface area (Å²) in [4.78, 5) is 42.4. The summed E-state index contributed by atoms with van der Waals surface area (Å²) in [5, 5.41) is 4.53. The van der Waals surface area contributed by atoms with Gasteiger partial charge in [0, 0.05) is 30.8 Å². The van der Waals surface area contributed by atoms with E-state index in [0.29, 0.717) is 30.6 Å². The molecule has 30 heavy (non-hydrogen) atoms. The summed E-state index contributed by atoms with van der Waals surface area (Å²) in [6, 6.07) is 5.94. The fourth-order valence-corrected chi connectivity index (χ4v) is 4.44. The Morgan fingerprint density at radius 2 is 1.67 bits per heavy atom. The van der Waals surface area contributed by atoms with Gasteiger partial charge in [0.2, 0.25) is 5.91 Å². The lowest BCUT2D eigenvalue weighted by atomic mass is 9.98. The van der Waals surface area contributed by atoms with Crippen LogP contribution < -0.4 is 0 Å². The summed E-state index contributed by atoms with van der Waals surface area (Å²) in [6.45, 7) is 11.0. The highest BCUT2D eigenvalue weighted by Gasteiger charge is 2.45. The van der Waals surface area contributed by atoms with Gasteiger partial charge in [0.25, 0.3) is 11.8 Å². The number of carbonyl (C=O) groups excluding carboxylic acids is 3. The molecule has 2 aliphatic rings. The Morgan fingerprint density at radius 3 is 2.20 bits per heavy atom. The third-order valence-electron chi connectivity index (χ3n) is 5.87. The fraction of sp³-hybridized carbons (Fsp3) is 0.478. The number of nitrogens with zero attached hydrogens (tertiary/aromatic N) is 4. The summed E-state index contributed by atoms with van der Waals surface area (Å²) in [7, 11) is 0. The second-order valence-corrected chi connectivity index (χ2v) is 9.42. The van der Waals surface area contributed by atoms with Crippen LogP contribution in [0.4, 0.5) is 0 Å². The van der Waals surface area contributed by atoms with Crippen molar-refractivity contribution in [3.8, 4) is 0 Å². The molecule has 0 radical (unpaired) electrons. The third kappa shape index (κ3) is 3.13. The molecule has 0 bridgehead atoms. The Kier molecular flexibility index (Phi) is 4.79. The standard InChI is InChI=1S/C23H28N4O3/c1-14(2)19(26-20(28)16-8-6-7-9-17(16)21(26)29)22(30)25-11-10-18-15(13-25)12-24-27(18)23(3,4)5/h6-9,12,14,19H,10-11,13H2,1-5H3. The monoisotopic (exact) mass is 408 g/mol. The molecular formula is C23H28N4O3. The summed E-state index contributed by atoms with van der Waals surface area (Å²) in [6.07, 6.45) is 2.53. The largest absolute Gasteiger partial charge is 0.336 e. The lowest BCUT2D eigenvalue weighted by Gasteiger charge is -2.36. The molecule has 3 heterocycles. The molecule has 7 nitrogen and oxygen atoms in total. The number of hydrogen-bond donors (Lipinski definition) is 0. The molecule has 1 aromatic carbocycles. The van der Waals surface area contributed by atoms with Crippen molar-refractivity contribution >= 4 is 17.7 Å². The Hall–Kier alpha value is -2.96. The van der Waals surface area contributed by atoms with E-state index in [1.165, 1.54) is 0 Å². The van der Waals surface area contributed by atoms with Crippen molar-refractivity contribution in [3.63, 3.8) is 0 Å². The van der Waals surface area contributed by atoms with Crippen LogP contribution in [0.1, 0.15) is 66.6 Å². The predicted octanol–water partition coefficient (Wildman–Crippen LogP) is 2.84. The number of carbonyl (C=O) groups is 3. The van der Waals surface area contributed by atoms with Gasteiger partial charge in [0.1, 0.15) is 6.04 Å². The van der Waals surface area contributed by atoms with E-state index in [4.69, 9.17) is 0 Å². The number of benzene rings is 1. The maximum atomic E-state index is 13.5. The van der Waals surface area contributed by atoms with Crippen LogP contribution in [0.15, 0.2) is 30.5 Å². The van der Waals surface area contributed by atoms with E-state index in [0.717, 1.165) is 16.2 Å². The quantitative estimate of drug-likeness (QED) is 0.732. The highest BCUT2D eigenvalue weighted by atomic mass is 16.2. The summed E-state index contributed by atoms with van der Waals surface area (Å²) in [5.41, 5.74) is 2.78. The van der Waals surface area contributed by atoms with Gasteiger partial charge < -0.3 is 4.90 Å². The molecule has 0 saturated carbocycles. The van der Waals surface area contributed by atoms with Gasteiger partial charge in [-0.25, -0.2) is 0 Å². The molecule has 1 aromatic heterocycles. The first kappa shape index (κ1) is 20.3. The lowest BCUT2D eigenvalue weighted by Crippen LogP contribution is -2.54. The van der Waals surface area contributed by atoms with Gasteiger partial charge in [-0.2, -0.15) is 5.10 Å². The van der Waals surface area contributed by atoms with Crippen LogP contribution in [-0.4, -0.2) is 49.9 Å². The Labute approximate surface area is 176 Å². The van der Waals surface area contributed by atoms with E-state index < -0.39 is 6.04 Å². The molecule has 2 aromatic rings. The molecule has 4 rings (SSSR count). The van der Waals surface area contributed by atoms with Gasteiger partial charge in [-0.05, 0) is 38.8 Å². The first-order valence-corrected chi connectivity index (χ1v) is 10.4. The van der Waals surface area contributed by atoms with E-state index in [-0.39, 0.29) is 29.2 Å². The third-order valence-corrected chi connectivity index (χ3v) is 5.87. The van der Waals surface area contributed by atoms with Crippen molar-refractivity contribution in [3.05, 3.63) is 52.8 Å². The van der Waals surface area contributed by atoms with Gasteiger partial charge in [-0.3, -0.25) is 24.0 Å². The average Bonchev–Trinajstić information content (AvgIpc) is 3.23. The first-order valence-electron chi connectivity index (χ1n) is 10.4. The van der Waals surface area contributed by atoms with Crippen molar-refractivity contribution in [2.45, 2.75) is 59.2 Å². The van der Waals surface area contributed by atoms with E-state index in [9.17, 15) is 14.4 Å². The van der Waals surface area contributed by atoms with E-state index in [1.54, 1.807) is 29.2 Å². The van der Waals surface area contributed by atoms with Crippen LogP contribution >= 0.6 is 0 Å². The fourth-order valence-electron chi connectivity index (χ4n) is 4.44. The molecule has 0 spiro atoms. The topological polar surface area (TPSA) is 75.5 Å². The van der Waals surface area contributed by atoms with Crippen molar-refractivity contribution in [1.82, 2.24) is 19.6 Å². The average molecular weight is 409 g/mol. The molecule has 0 saturated heterocycles. The molecule has 3 amide bonds. The number of aromatic nitrogens is 2. The maximum absolute atomic E-state index is 13.5. The minimum absolute atomic E-state index is 0.125. The Balaban J connectivity index is 1.61. The number of imide groups is 1. The molecule has 0 fully saturated rings. The van der Waals surface area contributed by atoms with Gasteiger partial charge in [0.15, 0.2) is 0 Å². The highest BCUT2D eigenvalue weighted by Crippen LogP contribution is 2.30. The maximum Gasteiger partial charge on any atom is 0.262 e. The SMILES string of the molecule is CC(C)C(C(=O)N1CCc2c(cnn2C(C)(C)C)C1)N1C(=O)c2ccccc2C1=O. The van der Waals surface area contributed by atoms with E-state index >= 15 is 0 Å². The Bertz CT molecular complexity index is 996. The molecule has 7 heteroatoms. The normalized spacial score (nSPS) is 17.4. The smallest absolute Gasteiger partial charge is 0.262 e. The molecule has 0 N–H and O–H groups in total. The summed E-state index contributed by atoms with van der Waals surface area (Å²) >= 11 is 0. The van der Waals surface area contributed by atoms with Crippen LogP contribution in [0.25, 0.3) is 0 Å². The number of fused-ring (bicyclic) bond motifs is 2. The Morgan fingerprint density at radius 1 is 1.07 bits per heavy atom. The van der Waals surface area contributed by atoms with Crippen LogP contribution in [0.3, 0.4) is 0 Å². The van der Waals surface area contributed by atoms with Gasteiger partial charge in [-0.1, -0.05) is 26.0 Å². The second-order valence-electron chi connectivity index (χ2n) is 9.42. The van der Waals surface area contributed by atoms with Crippen molar-refractivity contribution in [2.75, 3.05) is 6.54 Å². The van der Waals surface area contributed by atoms with Gasteiger partial charge >= 0.3 is 0 Å². The molecule has 0 aliphatic carbocycles. The van der Waals surface area contributed by atoms with Crippen LogP contribution in [0.2, 0.25) is 0 Å². The minimum atomic E-state index is -0.823. The van der Waals surface area contributed by atoms with Crippen molar-refractivity contribution in [1.29, 1.82) is 0 Å². The van der Waals surface area contributed by atoms with E-state index in [1.807, 2.05) is 24.7 Å². The second kappa shape index (κ2) is 7.07. The highest BCUT2D eigenvalue weighted by molar-refractivity contribution is 6.22. The van der Waals surface area contributed by atoms with Gasteiger partial charge in [-0.15, -0.1) is 0 Å². The predicted molar refractivity (Wildman–Crippen MR) is 112 cm³/mol. The minimum Gasteiger partial charge on any atom is -0.336 e. The summed E-state index contributed by atoms with van der Waals surface area (Å²) < 4.78 is 2.02. The zero-order chi connectivity index (χ0) is 21.8. The molecule has 2 aliphatic heterocycles. The molecule has 158 valence electrons. The molecule has 1 atom stereocenters. The molecule has 1 unspecified atom stereocenters. The lowest BCUT2D eigenvalue weighted by molar-refractivity contribution is -0.137. The number of rotatable bonds is 3. The van der Waals surface area contributed by atoms with Crippen molar-refractivity contribution < 1.29 is 14.4 Å². The van der Waals surface area contributed by atoms with Crippen LogP contribution in [0, 0.1) is 5.92 Å². The molecular weight excluding hydrogens is 380 g/mol. The van der Waals surface area contributed by atoms with Crippen LogP contribution in [-0.2, 0) is 23.3 Å².